The maximum Gasteiger partial charge on any atom is 0.490 e. The fourth-order valence-electron chi connectivity index (χ4n) is 7.00. The highest BCUT2D eigenvalue weighted by Gasteiger charge is 2.38. The second kappa shape index (κ2) is 17.9. The van der Waals surface area contributed by atoms with Crippen molar-refractivity contribution in [3.8, 4) is 5.75 Å². The number of amides is 2. The quantitative estimate of drug-likeness (QED) is 0.185. The molecule has 2 amide bonds. The lowest BCUT2D eigenvalue weighted by Crippen LogP contribution is -2.42. The number of carboxylic acid groups (broad SMARTS) is 1. The predicted molar refractivity (Wildman–Crippen MR) is 187 cm³/mol. The Morgan fingerprint density at radius 1 is 1.06 bits per heavy atom. The number of carbonyl (C=O) groups excluding carboxylic acids is 2. The number of piperidine rings is 3. The fourth-order valence-corrected chi connectivity index (χ4v) is 8.25. The number of fused-ring (bicyclic) bond motifs is 1. The Hall–Kier alpha value is -4.30. The highest BCUT2D eigenvalue weighted by molar-refractivity contribution is 7.82. The molecule has 0 aliphatic carbocycles. The van der Waals surface area contributed by atoms with Crippen molar-refractivity contribution in [2.45, 2.75) is 89.6 Å². The van der Waals surface area contributed by atoms with E-state index in [0.29, 0.717) is 43.6 Å². The van der Waals surface area contributed by atoms with Crippen molar-refractivity contribution in [3.63, 3.8) is 0 Å². The number of nitrogens with one attached hydrogen (secondary N) is 2. The standard InChI is InChI=1S/C32H42F2N8O4S.C2HF3O2/c1-20-16-28-26(21(2)39-42(28)27-4-5-29(43)38-30(27)44)17-25(20)22-6-11-40(12-7-22)10-3-15-47(45)41-13-8-23(9-14-41)37-32-35-18-24(19-36-32)46-31(33)34;3-2(4,5)1(6)7/h16-19,22-23,27,31H,3-15H2,1-2H3,(H,35,36,37)(H,38,43,44);(H,6,7). The van der Waals surface area contributed by atoms with Crippen LogP contribution in [-0.2, 0) is 25.4 Å². The Morgan fingerprint density at radius 2 is 1.70 bits per heavy atom. The number of aromatic nitrogens is 4. The summed E-state index contributed by atoms with van der Waals surface area (Å²) >= 11 is 0. The first-order chi connectivity index (χ1) is 25.6. The minimum Gasteiger partial charge on any atom is -0.475 e. The number of imide groups is 1. The van der Waals surface area contributed by atoms with Crippen molar-refractivity contribution < 1.29 is 50.4 Å². The lowest BCUT2D eigenvalue weighted by atomic mass is 9.86. The average molecular weight is 787 g/mol. The second-order valence-electron chi connectivity index (χ2n) is 13.5. The third-order valence-corrected chi connectivity index (χ3v) is 11.4. The zero-order chi connectivity index (χ0) is 39.2. The number of rotatable bonds is 11. The largest absolute Gasteiger partial charge is 0.490 e. The van der Waals surface area contributed by atoms with Gasteiger partial charge in [0.25, 0.3) is 5.91 Å². The van der Waals surface area contributed by atoms with Gasteiger partial charge in [-0.05, 0) is 101 Å². The van der Waals surface area contributed by atoms with Crippen LogP contribution in [0.25, 0.3) is 10.9 Å². The van der Waals surface area contributed by atoms with Gasteiger partial charge in [0.05, 0.1) is 34.6 Å². The van der Waals surface area contributed by atoms with Crippen LogP contribution in [0.1, 0.15) is 73.7 Å². The van der Waals surface area contributed by atoms with Crippen LogP contribution in [-0.4, -0.2) is 113 Å². The van der Waals surface area contributed by atoms with E-state index < -0.39 is 35.8 Å². The van der Waals surface area contributed by atoms with Gasteiger partial charge in [0, 0.05) is 36.7 Å². The second-order valence-corrected chi connectivity index (χ2v) is 15.1. The molecule has 0 bridgehead atoms. The van der Waals surface area contributed by atoms with Crippen molar-refractivity contribution in [2.24, 2.45) is 0 Å². The maximum atomic E-state index is 13.0. The number of hydrogen-bond acceptors (Lipinski definition) is 10. The number of alkyl halides is 5. The van der Waals surface area contributed by atoms with Crippen molar-refractivity contribution in [3.05, 3.63) is 41.3 Å². The zero-order valence-electron chi connectivity index (χ0n) is 29.8. The van der Waals surface area contributed by atoms with Crippen LogP contribution in [0.15, 0.2) is 24.5 Å². The van der Waals surface area contributed by atoms with Gasteiger partial charge in [-0.3, -0.25) is 19.6 Å². The molecule has 2 unspecified atom stereocenters. The summed E-state index contributed by atoms with van der Waals surface area (Å²) in [6.07, 6.45) is 2.71. The molecule has 3 aliphatic heterocycles. The molecule has 0 saturated carbocycles. The predicted octanol–water partition coefficient (Wildman–Crippen LogP) is 4.47. The number of carboxylic acids is 1. The van der Waals surface area contributed by atoms with Crippen LogP contribution in [0.4, 0.5) is 27.9 Å². The molecule has 3 fully saturated rings. The van der Waals surface area contributed by atoms with Gasteiger partial charge >= 0.3 is 18.8 Å². The van der Waals surface area contributed by atoms with Crippen LogP contribution in [0.5, 0.6) is 5.75 Å². The van der Waals surface area contributed by atoms with Gasteiger partial charge in [-0.15, -0.1) is 0 Å². The van der Waals surface area contributed by atoms with Crippen molar-refractivity contribution in [1.29, 1.82) is 0 Å². The Bertz CT molecular complexity index is 1810. The van der Waals surface area contributed by atoms with Crippen LogP contribution >= 0.6 is 0 Å². The number of ether oxygens (including phenoxy) is 1. The molecule has 20 heteroatoms. The van der Waals surface area contributed by atoms with E-state index in [9.17, 15) is 35.8 Å². The lowest BCUT2D eigenvalue weighted by molar-refractivity contribution is -0.192. The highest BCUT2D eigenvalue weighted by atomic mass is 32.2. The minimum atomic E-state index is -5.08. The van der Waals surface area contributed by atoms with Crippen molar-refractivity contribution in [1.82, 2.24) is 34.3 Å². The van der Waals surface area contributed by atoms with E-state index in [-0.39, 0.29) is 23.6 Å². The topological polar surface area (TPSA) is 172 Å². The first kappa shape index (κ1) is 40.9. The first-order valence-electron chi connectivity index (χ1n) is 17.6. The molecule has 2 aromatic heterocycles. The average Bonchev–Trinajstić information content (AvgIpc) is 3.43. The molecule has 3 N–H and O–H groups in total. The number of halogens is 5. The Morgan fingerprint density at radius 3 is 2.30 bits per heavy atom. The third kappa shape index (κ3) is 10.7. The van der Waals surface area contributed by atoms with E-state index in [1.54, 1.807) is 4.68 Å². The fraction of sp³-hybridized carbons (Fsp3) is 0.588. The number of benzene rings is 1. The molecule has 5 heterocycles. The maximum absolute atomic E-state index is 13.0. The minimum absolute atomic E-state index is 0.0820. The molecule has 296 valence electrons. The number of carbonyl (C=O) groups is 3. The number of hydrogen-bond donors (Lipinski definition) is 3. The van der Waals surface area contributed by atoms with Gasteiger partial charge in [0.2, 0.25) is 11.9 Å². The van der Waals surface area contributed by atoms with Crippen LogP contribution in [0.2, 0.25) is 0 Å². The van der Waals surface area contributed by atoms with Gasteiger partial charge in [0.15, 0.2) is 5.75 Å². The summed E-state index contributed by atoms with van der Waals surface area (Å²) in [5.41, 5.74) is 4.36. The summed E-state index contributed by atoms with van der Waals surface area (Å²) in [5.74, 6) is -1.90. The molecular formula is C34H43F5N8O6S. The van der Waals surface area contributed by atoms with E-state index in [2.05, 4.69) is 49.3 Å². The van der Waals surface area contributed by atoms with Crippen molar-refractivity contribution >= 4 is 45.6 Å². The summed E-state index contributed by atoms with van der Waals surface area (Å²) < 4.78 is 77.5. The molecule has 14 nitrogen and oxygen atoms in total. The summed E-state index contributed by atoms with van der Waals surface area (Å²) in [5, 5.41) is 18.6. The molecule has 6 rings (SSSR count). The molecule has 3 aromatic rings. The Labute approximate surface area is 310 Å². The van der Waals surface area contributed by atoms with E-state index in [1.165, 1.54) is 23.5 Å². The monoisotopic (exact) mass is 786 g/mol. The summed E-state index contributed by atoms with van der Waals surface area (Å²) in [6, 6.07) is 4.06. The summed E-state index contributed by atoms with van der Waals surface area (Å²) in [7, 11) is -1.03. The third-order valence-electron chi connectivity index (χ3n) is 9.78. The summed E-state index contributed by atoms with van der Waals surface area (Å²) in [6.45, 7) is 5.53. The molecule has 3 saturated heterocycles. The highest BCUT2D eigenvalue weighted by Crippen LogP contribution is 2.35. The molecule has 1 aromatic carbocycles. The molecular weight excluding hydrogens is 743 g/mol. The van der Waals surface area contributed by atoms with Crippen LogP contribution in [0.3, 0.4) is 0 Å². The molecule has 2 atom stereocenters. The number of anilines is 1. The zero-order valence-corrected chi connectivity index (χ0v) is 30.6. The Balaban J connectivity index is 0.000000730. The number of likely N-dealkylation sites (tertiary alicyclic amines) is 1. The van der Waals surface area contributed by atoms with Crippen molar-refractivity contribution in [2.75, 3.05) is 43.8 Å². The number of aryl methyl sites for hydroxylation is 2. The van der Waals surface area contributed by atoms with E-state index >= 15 is 0 Å². The van der Waals surface area contributed by atoms with E-state index in [4.69, 9.17) is 15.0 Å². The molecule has 0 radical (unpaired) electrons. The molecule has 54 heavy (non-hydrogen) atoms. The van der Waals surface area contributed by atoms with Gasteiger partial charge < -0.3 is 20.1 Å². The first-order valence-corrected chi connectivity index (χ1v) is 18.9. The van der Waals surface area contributed by atoms with Gasteiger partial charge in [-0.2, -0.15) is 27.1 Å². The van der Waals surface area contributed by atoms with E-state index in [1.807, 2.05) is 11.2 Å². The number of nitrogens with zero attached hydrogens (tertiary/aromatic N) is 6. The number of aliphatic carboxylic acids is 1. The Kier molecular flexibility index (Phi) is 13.5. The lowest BCUT2D eigenvalue weighted by Gasteiger charge is -2.33. The van der Waals surface area contributed by atoms with Crippen LogP contribution in [0, 0.1) is 13.8 Å². The molecule has 0 spiro atoms. The van der Waals surface area contributed by atoms with Gasteiger partial charge in [0.1, 0.15) is 6.04 Å². The van der Waals surface area contributed by atoms with Gasteiger partial charge in [-0.25, -0.2) is 23.3 Å². The smallest absolute Gasteiger partial charge is 0.475 e. The van der Waals surface area contributed by atoms with Crippen LogP contribution < -0.4 is 15.4 Å². The van der Waals surface area contributed by atoms with E-state index in [0.717, 1.165) is 68.3 Å². The SMILES string of the molecule is Cc1cc2c(cc1C1CCN(CCCS(=O)N3CCC(Nc4ncc(OC(F)F)cn4)CC3)CC1)c(C)nn2C1CCC(=O)NC1=O.O=C(O)C(F)(F)F. The summed E-state index contributed by atoms with van der Waals surface area (Å²) in [4.78, 5) is 43.6. The molecule has 3 aliphatic rings. The van der Waals surface area contributed by atoms with Gasteiger partial charge in [-0.1, -0.05) is 0 Å². The normalized spacial score (nSPS) is 20.0.